The number of anilines is 1. The van der Waals surface area contributed by atoms with Gasteiger partial charge >= 0.3 is 0 Å². The van der Waals surface area contributed by atoms with Crippen molar-refractivity contribution in [2.24, 2.45) is 11.3 Å². The molecule has 1 amide bonds. The highest BCUT2D eigenvalue weighted by Crippen LogP contribution is 2.35. The molecule has 9 nitrogen and oxygen atoms in total. The standard InChI is InChI=1S/C28H40N4O5S/c1-26(2,3)15-23-29-20-13-19(11-12-21(20)32(23)16-18-9-10-18)38(34,35)28(6,7)25(33)30-24-14-22(31-37-24)27(4,5)17-36-8/h11-14,18H,9-10,15-17H2,1-8H3,(H,30,33). The number of rotatable bonds is 10. The van der Waals surface area contributed by atoms with Crippen molar-refractivity contribution in [1.29, 1.82) is 0 Å². The number of nitrogens with zero attached hydrogens (tertiary/aromatic N) is 3. The van der Waals surface area contributed by atoms with Gasteiger partial charge in [-0.3, -0.25) is 10.1 Å². The molecule has 1 fully saturated rings. The summed E-state index contributed by atoms with van der Waals surface area (Å²) in [5, 5.41) is 6.62. The van der Waals surface area contributed by atoms with Gasteiger partial charge in [0.2, 0.25) is 11.8 Å². The Labute approximate surface area is 225 Å². The number of benzene rings is 1. The summed E-state index contributed by atoms with van der Waals surface area (Å²) in [7, 11) is -2.48. The Morgan fingerprint density at radius 1 is 1.13 bits per heavy atom. The highest BCUT2D eigenvalue weighted by atomic mass is 32.2. The molecule has 10 heteroatoms. The van der Waals surface area contributed by atoms with Crippen LogP contribution >= 0.6 is 0 Å². The number of ether oxygens (including phenoxy) is 1. The lowest BCUT2D eigenvalue weighted by Crippen LogP contribution is -2.44. The lowest BCUT2D eigenvalue weighted by atomic mass is 9.90. The summed E-state index contributed by atoms with van der Waals surface area (Å²) >= 11 is 0. The number of amides is 1. The first-order valence-corrected chi connectivity index (χ1v) is 14.5. The quantitative estimate of drug-likeness (QED) is 0.376. The Balaban J connectivity index is 1.62. The van der Waals surface area contributed by atoms with Crippen LogP contribution in [0, 0.1) is 11.3 Å². The van der Waals surface area contributed by atoms with Crippen molar-refractivity contribution in [3.8, 4) is 0 Å². The number of hydrogen-bond acceptors (Lipinski definition) is 7. The van der Waals surface area contributed by atoms with Gasteiger partial charge in [0, 0.05) is 31.6 Å². The van der Waals surface area contributed by atoms with Crippen LogP contribution in [0.3, 0.4) is 0 Å². The first kappa shape index (κ1) is 28.3. The average molecular weight is 545 g/mol. The number of carbonyl (C=O) groups is 1. The van der Waals surface area contributed by atoms with E-state index in [1.807, 2.05) is 19.9 Å². The molecule has 38 heavy (non-hydrogen) atoms. The number of methoxy groups -OCH3 is 1. The van der Waals surface area contributed by atoms with E-state index in [1.54, 1.807) is 25.3 Å². The first-order chi connectivity index (χ1) is 17.5. The monoisotopic (exact) mass is 544 g/mol. The molecule has 1 aromatic carbocycles. The molecule has 0 radical (unpaired) electrons. The van der Waals surface area contributed by atoms with Crippen molar-refractivity contribution in [2.75, 3.05) is 19.0 Å². The molecule has 4 rings (SSSR count). The third-order valence-electron chi connectivity index (χ3n) is 7.10. The van der Waals surface area contributed by atoms with Crippen molar-refractivity contribution in [3.63, 3.8) is 0 Å². The largest absolute Gasteiger partial charge is 0.384 e. The van der Waals surface area contributed by atoms with Crippen LogP contribution in [-0.2, 0) is 37.7 Å². The summed E-state index contributed by atoms with van der Waals surface area (Å²) in [5.41, 5.74) is 1.74. The zero-order valence-corrected chi connectivity index (χ0v) is 24.5. The van der Waals surface area contributed by atoms with Crippen LogP contribution in [0.2, 0.25) is 0 Å². The summed E-state index contributed by atoms with van der Waals surface area (Å²) in [6.07, 6.45) is 3.20. The lowest BCUT2D eigenvalue weighted by Gasteiger charge is -2.23. The van der Waals surface area contributed by atoms with Crippen LogP contribution in [0.5, 0.6) is 0 Å². The normalized spacial score (nSPS) is 15.3. The van der Waals surface area contributed by atoms with Crippen LogP contribution < -0.4 is 5.32 Å². The summed E-state index contributed by atoms with van der Waals surface area (Å²) in [6.45, 7) is 14.5. The van der Waals surface area contributed by atoms with E-state index in [0.717, 1.165) is 24.3 Å². The summed E-state index contributed by atoms with van der Waals surface area (Å²) in [6, 6.07) is 6.58. The van der Waals surface area contributed by atoms with Crippen molar-refractivity contribution in [3.05, 3.63) is 35.8 Å². The Morgan fingerprint density at radius 2 is 1.82 bits per heavy atom. The minimum Gasteiger partial charge on any atom is -0.384 e. The zero-order valence-electron chi connectivity index (χ0n) is 23.7. The van der Waals surface area contributed by atoms with E-state index in [2.05, 4.69) is 35.8 Å². The van der Waals surface area contributed by atoms with Gasteiger partial charge < -0.3 is 13.8 Å². The number of nitrogens with one attached hydrogen (secondary N) is 1. The molecular weight excluding hydrogens is 504 g/mol. The minimum atomic E-state index is -4.07. The zero-order chi connectivity index (χ0) is 28.1. The lowest BCUT2D eigenvalue weighted by molar-refractivity contribution is -0.118. The third-order valence-corrected chi connectivity index (χ3v) is 9.50. The summed E-state index contributed by atoms with van der Waals surface area (Å²) < 4.78 is 38.4. The molecule has 0 spiro atoms. The van der Waals surface area contributed by atoms with Crippen molar-refractivity contribution < 1.29 is 22.5 Å². The van der Waals surface area contributed by atoms with E-state index in [1.165, 1.54) is 26.7 Å². The van der Waals surface area contributed by atoms with E-state index in [-0.39, 0.29) is 16.2 Å². The Hall–Kier alpha value is -2.72. The summed E-state index contributed by atoms with van der Waals surface area (Å²) in [5.74, 6) is 0.980. The van der Waals surface area contributed by atoms with Crippen LogP contribution in [-0.4, -0.2) is 47.5 Å². The van der Waals surface area contributed by atoms with Gasteiger partial charge in [-0.15, -0.1) is 0 Å². The number of fused-ring (bicyclic) bond motifs is 1. The van der Waals surface area contributed by atoms with Crippen molar-refractivity contribution >= 4 is 32.7 Å². The highest BCUT2D eigenvalue weighted by Gasteiger charge is 2.44. The molecule has 0 saturated heterocycles. The molecule has 0 unspecified atom stereocenters. The van der Waals surface area contributed by atoms with E-state index in [4.69, 9.17) is 14.2 Å². The predicted molar refractivity (Wildman–Crippen MR) is 147 cm³/mol. The number of hydrogen-bond donors (Lipinski definition) is 1. The molecule has 1 aliphatic rings. The van der Waals surface area contributed by atoms with E-state index >= 15 is 0 Å². The Morgan fingerprint density at radius 3 is 2.42 bits per heavy atom. The maximum absolute atomic E-state index is 13.7. The topological polar surface area (TPSA) is 116 Å². The molecule has 208 valence electrons. The molecule has 2 heterocycles. The Bertz CT molecular complexity index is 1440. The second-order valence-electron chi connectivity index (χ2n) is 12.8. The first-order valence-electron chi connectivity index (χ1n) is 13.1. The van der Waals surface area contributed by atoms with E-state index < -0.39 is 25.9 Å². The number of aromatic nitrogens is 3. The Kier molecular flexibility index (Phi) is 7.29. The van der Waals surface area contributed by atoms with E-state index in [0.29, 0.717) is 23.7 Å². The highest BCUT2D eigenvalue weighted by molar-refractivity contribution is 7.93. The van der Waals surface area contributed by atoms with Crippen molar-refractivity contribution in [1.82, 2.24) is 14.7 Å². The minimum absolute atomic E-state index is 0.0387. The maximum Gasteiger partial charge on any atom is 0.248 e. The third kappa shape index (κ3) is 5.66. The molecule has 3 aromatic rings. The fourth-order valence-corrected chi connectivity index (χ4v) is 5.86. The van der Waals surface area contributed by atoms with Crippen molar-refractivity contribution in [2.45, 2.75) is 89.3 Å². The smallest absolute Gasteiger partial charge is 0.248 e. The van der Waals surface area contributed by atoms with Gasteiger partial charge in [0.05, 0.1) is 28.2 Å². The van der Waals surface area contributed by atoms with Gasteiger partial charge in [0.15, 0.2) is 9.84 Å². The number of sulfone groups is 1. The van der Waals surface area contributed by atoms with Gasteiger partial charge in [-0.1, -0.05) is 39.8 Å². The number of imidazole rings is 1. The fourth-order valence-electron chi connectivity index (χ4n) is 4.47. The second kappa shape index (κ2) is 9.79. The van der Waals surface area contributed by atoms with Gasteiger partial charge in [-0.05, 0) is 56.2 Å². The SMILES string of the molecule is COCC(C)(C)c1cc(NC(=O)C(C)(C)S(=O)(=O)c2ccc3c(c2)nc(CC(C)(C)C)n3CC2CC2)on1. The fraction of sp³-hybridized carbons (Fsp3) is 0.607. The average Bonchev–Trinajstić information content (AvgIpc) is 3.39. The predicted octanol–water partition coefficient (Wildman–Crippen LogP) is 5.14. The molecule has 1 saturated carbocycles. The molecular formula is C28H40N4O5S. The number of carbonyl (C=O) groups excluding carboxylic acids is 1. The van der Waals surface area contributed by atoms with Crippen LogP contribution in [0.15, 0.2) is 33.7 Å². The van der Waals surface area contributed by atoms with Gasteiger partial charge in [0.1, 0.15) is 10.6 Å². The van der Waals surface area contributed by atoms with Crippen LogP contribution in [0.4, 0.5) is 5.88 Å². The molecule has 1 aliphatic carbocycles. The molecule has 1 N–H and O–H groups in total. The van der Waals surface area contributed by atoms with Gasteiger partial charge in [-0.25, -0.2) is 13.4 Å². The molecule has 0 bridgehead atoms. The molecule has 2 aromatic heterocycles. The molecule has 0 atom stereocenters. The summed E-state index contributed by atoms with van der Waals surface area (Å²) in [4.78, 5) is 18.1. The maximum atomic E-state index is 13.7. The van der Waals surface area contributed by atoms with Crippen LogP contribution in [0.1, 0.15) is 72.8 Å². The molecule has 0 aliphatic heterocycles. The van der Waals surface area contributed by atoms with E-state index in [9.17, 15) is 13.2 Å². The van der Waals surface area contributed by atoms with Gasteiger partial charge in [-0.2, -0.15) is 0 Å². The van der Waals surface area contributed by atoms with Gasteiger partial charge in [0.25, 0.3) is 0 Å². The van der Waals surface area contributed by atoms with Crippen LogP contribution in [0.25, 0.3) is 11.0 Å². The second-order valence-corrected chi connectivity index (χ2v) is 15.3.